The topological polar surface area (TPSA) is 23.6 Å². The monoisotopic (exact) mass is 304 g/mol. The normalized spacial score (nSPS) is 47.9. The van der Waals surface area contributed by atoms with Crippen LogP contribution in [-0.4, -0.2) is 41.8 Å². The van der Waals surface area contributed by atoms with Crippen molar-refractivity contribution in [1.29, 1.82) is 0 Å². The van der Waals surface area contributed by atoms with Crippen LogP contribution in [0.1, 0.15) is 26.3 Å². The first-order valence-electron chi connectivity index (χ1n) is 7.59. The van der Waals surface area contributed by atoms with Gasteiger partial charge in [-0.05, 0) is 24.6 Å². The minimum absolute atomic E-state index is 0.121. The molecule has 0 spiro atoms. The highest BCUT2D eigenvalue weighted by atomic mass is 35.5. The van der Waals surface area contributed by atoms with Crippen molar-refractivity contribution in [3.63, 3.8) is 0 Å². The Bertz CT molecular complexity index is 584. The first-order chi connectivity index (χ1) is 9.78. The van der Waals surface area contributed by atoms with Crippen LogP contribution in [0.25, 0.3) is 0 Å². The number of nitrogens with zero attached hydrogens (tertiary/aromatic N) is 2. The fourth-order valence-electron chi connectivity index (χ4n) is 4.86. The zero-order chi connectivity index (χ0) is 15.0. The molecule has 4 fully saturated rings. The van der Waals surface area contributed by atoms with Gasteiger partial charge >= 0.3 is 0 Å². The highest BCUT2D eigenvalue weighted by molar-refractivity contribution is 6.30. The molecule has 0 N–H and O–H groups in total. The molecule has 0 atom stereocenters. The van der Waals surface area contributed by atoms with Crippen molar-refractivity contribution in [2.24, 2.45) is 10.8 Å². The second kappa shape index (κ2) is 3.89. The second-order valence-corrected chi connectivity index (χ2v) is 8.13. The fraction of sp³-hybridized carbons (Fsp3) is 0.588. The second-order valence-electron chi connectivity index (χ2n) is 7.69. The Balaban J connectivity index is 1.81. The molecule has 0 saturated carbocycles. The van der Waals surface area contributed by atoms with Crippen LogP contribution in [0.15, 0.2) is 24.3 Å². The molecule has 4 aliphatic heterocycles. The molecule has 0 aliphatic carbocycles. The van der Waals surface area contributed by atoms with Gasteiger partial charge in [0.1, 0.15) is 5.78 Å². The quantitative estimate of drug-likeness (QED) is 0.797. The first kappa shape index (κ1) is 13.7. The van der Waals surface area contributed by atoms with E-state index in [2.05, 4.69) is 42.7 Å². The average Bonchev–Trinajstić information content (AvgIpc) is 2.41. The van der Waals surface area contributed by atoms with Crippen molar-refractivity contribution in [3.05, 3.63) is 34.9 Å². The zero-order valence-electron chi connectivity index (χ0n) is 12.8. The van der Waals surface area contributed by atoms with E-state index in [1.54, 1.807) is 0 Å². The standard InChI is InChI=1S/C17H21ClN2O/c1-15-8-19-10-16(2,14(15)21)11-20(9-15)17(19,3)12-4-6-13(18)7-5-12/h4-7H,8-11H2,1-3H3. The number of ketones is 1. The van der Waals surface area contributed by atoms with Crippen LogP contribution in [0.2, 0.25) is 5.02 Å². The molecule has 4 saturated heterocycles. The van der Waals surface area contributed by atoms with Gasteiger partial charge in [0.2, 0.25) is 0 Å². The SMILES string of the molecule is CC12CN3CC(C)(CN(C1)C3(C)c1ccc(Cl)cc1)C2=O. The molecule has 3 nitrogen and oxygen atoms in total. The van der Waals surface area contributed by atoms with Crippen LogP contribution in [0.4, 0.5) is 0 Å². The summed E-state index contributed by atoms with van der Waals surface area (Å²) in [6.45, 7) is 9.98. The van der Waals surface area contributed by atoms with Crippen LogP contribution in [0.5, 0.6) is 0 Å². The van der Waals surface area contributed by atoms with E-state index in [0.717, 1.165) is 31.2 Å². The summed E-state index contributed by atoms with van der Waals surface area (Å²) in [4.78, 5) is 17.7. The van der Waals surface area contributed by atoms with Gasteiger partial charge in [0.05, 0.1) is 16.5 Å². The van der Waals surface area contributed by atoms with Crippen molar-refractivity contribution in [1.82, 2.24) is 9.80 Å². The zero-order valence-corrected chi connectivity index (χ0v) is 13.6. The molecule has 1 aromatic rings. The van der Waals surface area contributed by atoms with E-state index in [9.17, 15) is 4.79 Å². The summed E-state index contributed by atoms with van der Waals surface area (Å²) in [5.74, 6) is 0.459. The molecular formula is C17H21ClN2O. The highest BCUT2D eigenvalue weighted by Crippen LogP contribution is 2.54. The largest absolute Gasteiger partial charge is 0.298 e. The van der Waals surface area contributed by atoms with Gasteiger partial charge in [0, 0.05) is 31.2 Å². The number of hydrogen-bond donors (Lipinski definition) is 0. The van der Waals surface area contributed by atoms with Gasteiger partial charge in [0.25, 0.3) is 0 Å². The van der Waals surface area contributed by atoms with E-state index in [4.69, 9.17) is 11.6 Å². The molecule has 0 amide bonds. The molecule has 4 aliphatic rings. The maximum absolute atomic E-state index is 12.7. The van der Waals surface area contributed by atoms with Gasteiger partial charge in [-0.25, -0.2) is 0 Å². The van der Waals surface area contributed by atoms with E-state index < -0.39 is 0 Å². The van der Waals surface area contributed by atoms with E-state index >= 15 is 0 Å². The summed E-state index contributed by atoms with van der Waals surface area (Å²) in [7, 11) is 0. The predicted octanol–water partition coefficient (Wildman–Crippen LogP) is 2.74. The van der Waals surface area contributed by atoms with Crippen molar-refractivity contribution in [2.45, 2.75) is 26.4 Å². The van der Waals surface area contributed by atoms with Crippen LogP contribution < -0.4 is 0 Å². The van der Waals surface area contributed by atoms with Crippen molar-refractivity contribution in [2.75, 3.05) is 26.2 Å². The Kier molecular flexibility index (Phi) is 2.55. The van der Waals surface area contributed by atoms with E-state index in [-0.39, 0.29) is 16.5 Å². The molecule has 5 rings (SSSR count). The van der Waals surface area contributed by atoms with E-state index in [0.29, 0.717) is 5.78 Å². The number of Topliss-reactive ketones (excluding diaryl/α,β-unsaturated/α-hetero) is 1. The Labute approximate surface area is 130 Å². The van der Waals surface area contributed by atoms with Gasteiger partial charge in [-0.3, -0.25) is 14.6 Å². The Morgan fingerprint density at radius 3 is 1.76 bits per heavy atom. The van der Waals surface area contributed by atoms with Crippen molar-refractivity contribution >= 4 is 17.4 Å². The summed E-state index contributed by atoms with van der Waals surface area (Å²) in [6, 6.07) is 8.17. The summed E-state index contributed by atoms with van der Waals surface area (Å²) in [6.07, 6.45) is 0. The molecule has 112 valence electrons. The Morgan fingerprint density at radius 1 is 0.905 bits per heavy atom. The minimum Gasteiger partial charge on any atom is -0.298 e. The summed E-state index contributed by atoms with van der Waals surface area (Å²) >= 11 is 6.04. The van der Waals surface area contributed by atoms with Gasteiger partial charge in [-0.15, -0.1) is 0 Å². The Morgan fingerprint density at radius 2 is 1.33 bits per heavy atom. The van der Waals surface area contributed by atoms with Gasteiger partial charge in [0.15, 0.2) is 0 Å². The number of benzene rings is 1. The molecule has 0 radical (unpaired) electrons. The fourth-order valence-corrected chi connectivity index (χ4v) is 4.99. The molecule has 4 heterocycles. The summed E-state index contributed by atoms with van der Waals surface area (Å²) < 4.78 is 0. The molecule has 0 aromatic heterocycles. The first-order valence-corrected chi connectivity index (χ1v) is 7.97. The lowest BCUT2D eigenvalue weighted by Crippen LogP contribution is -2.80. The third-order valence-corrected chi connectivity index (χ3v) is 6.13. The van der Waals surface area contributed by atoms with Crippen molar-refractivity contribution in [3.8, 4) is 0 Å². The van der Waals surface area contributed by atoms with Gasteiger partial charge < -0.3 is 0 Å². The number of piperidine rings is 2. The predicted molar refractivity (Wildman–Crippen MR) is 83.2 cm³/mol. The molecule has 1 aromatic carbocycles. The number of hydrogen-bond acceptors (Lipinski definition) is 3. The van der Waals surface area contributed by atoms with E-state index in [1.807, 2.05) is 12.1 Å². The third kappa shape index (κ3) is 1.60. The molecule has 21 heavy (non-hydrogen) atoms. The molecular weight excluding hydrogens is 284 g/mol. The molecule has 4 heteroatoms. The van der Waals surface area contributed by atoms with Crippen LogP contribution in [-0.2, 0) is 10.5 Å². The maximum atomic E-state index is 12.7. The smallest absolute Gasteiger partial charge is 0.149 e. The third-order valence-electron chi connectivity index (χ3n) is 5.88. The number of halogens is 1. The number of rotatable bonds is 1. The highest BCUT2D eigenvalue weighted by Gasteiger charge is 2.65. The number of carbonyl (C=O) groups excluding carboxylic acids is 1. The lowest BCUT2D eigenvalue weighted by Gasteiger charge is -2.69. The van der Waals surface area contributed by atoms with Gasteiger partial charge in [-0.1, -0.05) is 37.6 Å². The number of carbonyl (C=O) groups is 1. The lowest BCUT2D eigenvalue weighted by molar-refractivity contribution is -0.228. The van der Waals surface area contributed by atoms with Crippen molar-refractivity contribution < 1.29 is 4.79 Å². The van der Waals surface area contributed by atoms with Gasteiger partial charge in [-0.2, -0.15) is 0 Å². The van der Waals surface area contributed by atoms with Crippen LogP contribution >= 0.6 is 11.6 Å². The summed E-state index contributed by atoms with van der Waals surface area (Å²) in [5.41, 5.74) is 0.726. The lowest BCUT2D eigenvalue weighted by atomic mass is 9.60. The minimum atomic E-state index is -0.211. The Hall–Kier alpha value is -0.900. The maximum Gasteiger partial charge on any atom is 0.149 e. The molecule has 0 unspecified atom stereocenters. The van der Waals surface area contributed by atoms with Crippen LogP contribution in [0, 0.1) is 10.8 Å². The summed E-state index contributed by atoms with van der Waals surface area (Å²) in [5, 5.41) is 0.769. The van der Waals surface area contributed by atoms with E-state index in [1.165, 1.54) is 5.56 Å². The van der Waals surface area contributed by atoms with Crippen LogP contribution in [0.3, 0.4) is 0 Å². The average molecular weight is 305 g/mol. The molecule has 4 bridgehead atoms.